The highest BCUT2D eigenvalue weighted by molar-refractivity contribution is 7.90. The standard InChI is InChI=1S/C13H14O3S2/c1-18(15,16)8-4-6-11(14)13-9-10-5-2-3-7-12(10)17-13/h2-3,5,7,9H,4,6,8H2,1H3. The van der Waals surface area contributed by atoms with E-state index < -0.39 is 9.84 Å². The lowest BCUT2D eigenvalue weighted by molar-refractivity contribution is 0.0986. The topological polar surface area (TPSA) is 51.2 Å². The van der Waals surface area contributed by atoms with Crippen LogP contribution in [0.15, 0.2) is 30.3 Å². The predicted molar refractivity (Wildman–Crippen MR) is 75.1 cm³/mol. The van der Waals surface area contributed by atoms with Crippen LogP contribution < -0.4 is 0 Å². The Morgan fingerprint density at radius 1 is 1.28 bits per heavy atom. The van der Waals surface area contributed by atoms with Crippen molar-refractivity contribution >= 4 is 37.0 Å². The van der Waals surface area contributed by atoms with Gasteiger partial charge in [-0.25, -0.2) is 8.42 Å². The van der Waals surface area contributed by atoms with Crippen LogP contribution in [0.4, 0.5) is 0 Å². The molecule has 0 amide bonds. The molecule has 2 rings (SSSR count). The number of sulfone groups is 1. The van der Waals surface area contributed by atoms with Crippen LogP contribution in [0.3, 0.4) is 0 Å². The molecule has 1 aromatic carbocycles. The zero-order chi connectivity index (χ0) is 13.2. The van der Waals surface area contributed by atoms with E-state index in [1.165, 1.54) is 17.6 Å². The van der Waals surface area contributed by atoms with Crippen molar-refractivity contribution in [2.75, 3.05) is 12.0 Å². The Balaban J connectivity index is 2.05. The maximum Gasteiger partial charge on any atom is 0.172 e. The summed E-state index contributed by atoms with van der Waals surface area (Å²) in [6.45, 7) is 0. The number of benzene rings is 1. The summed E-state index contributed by atoms with van der Waals surface area (Å²) in [7, 11) is -2.98. The summed E-state index contributed by atoms with van der Waals surface area (Å²) < 4.78 is 23.0. The Morgan fingerprint density at radius 3 is 2.67 bits per heavy atom. The summed E-state index contributed by atoms with van der Waals surface area (Å²) in [5.74, 6) is 0.101. The predicted octanol–water partition coefficient (Wildman–Crippen LogP) is 2.91. The van der Waals surface area contributed by atoms with Gasteiger partial charge in [-0.2, -0.15) is 0 Å². The largest absolute Gasteiger partial charge is 0.293 e. The second kappa shape index (κ2) is 5.20. The van der Waals surface area contributed by atoms with Crippen LogP contribution >= 0.6 is 11.3 Å². The third kappa shape index (κ3) is 3.40. The van der Waals surface area contributed by atoms with Crippen LogP contribution in [0.1, 0.15) is 22.5 Å². The average molecular weight is 282 g/mol. The molecule has 1 heterocycles. The molecule has 0 spiro atoms. The molecule has 0 aliphatic carbocycles. The smallest absolute Gasteiger partial charge is 0.172 e. The van der Waals surface area contributed by atoms with Gasteiger partial charge in [0.15, 0.2) is 5.78 Å². The van der Waals surface area contributed by atoms with Crippen LogP contribution in [0.2, 0.25) is 0 Å². The van der Waals surface area contributed by atoms with E-state index >= 15 is 0 Å². The molecule has 0 saturated heterocycles. The summed E-state index contributed by atoms with van der Waals surface area (Å²) in [6, 6.07) is 9.71. The lowest BCUT2D eigenvalue weighted by Crippen LogP contribution is -2.05. The van der Waals surface area contributed by atoms with Gasteiger partial charge in [-0.3, -0.25) is 4.79 Å². The van der Waals surface area contributed by atoms with Crippen molar-refractivity contribution in [1.29, 1.82) is 0 Å². The van der Waals surface area contributed by atoms with Gasteiger partial charge in [-0.15, -0.1) is 11.3 Å². The van der Waals surface area contributed by atoms with E-state index in [2.05, 4.69) is 0 Å². The van der Waals surface area contributed by atoms with Crippen molar-refractivity contribution in [3.63, 3.8) is 0 Å². The normalized spacial score (nSPS) is 11.8. The lowest BCUT2D eigenvalue weighted by Gasteiger charge is -1.97. The molecule has 0 N–H and O–H groups in total. The molecule has 0 fully saturated rings. The number of carbonyl (C=O) groups excluding carboxylic acids is 1. The van der Waals surface area contributed by atoms with Crippen LogP contribution in [0.5, 0.6) is 0 Å². The molecule has 96 valence electrons. The van der Waals surface area contributed by atoms with Crippen molar-refractivity contribution in [2.45, 2.75) is 12.8 Å². The fourth-order valence-electron chi connectivity index (χ4n) is 1.74. The van der Waals surface area contributed by atoms with Gasteiger partial charge in [0.1, 0.15) is 9.84 Å². The summed E-state index contributed by atoms with van der Waals surface area (Å²) >= 11 is 1.46. The minimum absolute atomic E-state index is 0.0276. The Morgan fingerprint density at radius 2 is 2.00 bits per heavy atom. The molecule has 0 aliphatic heterocycles. The molecule has 5 heteroatoms. The number of fused-ring (bicyclic) bond motifs is 1. The maximum absolute atomic E-state index is 11.9. The maximum atomic E-state index is 11.9. The Kier molecular flexibility index (Phi) is 3.82. The van der Waals surface area contributed by atoms with E-state index in [-0.39, 0.29) is 11.5 Å². The van der Waals surface area contributed by atoms with Gasteiger partial charge < -0.3 is 0 Å². The van der Waals surface area contributed by atoms with Crippen LogP contribution in [0.25, 0.3) is 10.1 Å². The van der Waals surface area contributed by atoms with E-state index in [9.17, 15) is 13.2 Å². The first-order chi connectivity index (χ1) is 8.46. The molecule has 2 aromatic rings. The Bertz CT molecular complexity index is 635. The van der Waals surface area contributed by atoms with E-state index in [4.69, 9.17) is 0 Å². The SMILES string of the molecule is CS(=O)(=O)CCCC(=O)c1cc2ccccc2s1. The van der Waals surface area contributed by atoms with Crippen LogP contribution in [0, 0.1) is 0 Å². The van der Waals surface area contributed by atoms with Crippen molar-refractivity contribution in [2.24, 2.45) is 0 Å². The molecule has 1 aromatic heterocycles. The quantitative estimate of drug-likeness (QED) is 0.792. The second-order valence-electron chi connectivity index (χ2n) is 4.31. The van der Waals surface area contributed by atoms with Crippen molar-refractivity contribution in [3.8, 4) is 0 Å². The monoisotopic (exact) mass is 282 g/mol. The second-order valence-corrected chi connectivity index (χ2v) is 7.65. The number of ketones is 1. The summed E-state index contributed by atoms with van der Waals surface area (Å²) in [6.07, 6.45) is 1.88. The first-order valence-electron chi connectivity index (χ1n) is 5.65. The zero-order valence-corrected chi connectivity index (χ0v) is 11.7. The molecule has 3 nitrogen and oxygen atoms in total. The average Bonchev–Trinajstić information content (AvgIpc) is 2.70. The molecule has 0 aliphatic rings. The number of rotatable bonds is 5. The van der Waals surface area contributed by atoms with Gasteiger partial charge in [0.2, 0.25) is 0 Å². The molecule has 0 saturated carbocycles. The van der Waals surface area contributed by atoms with E-state index in [0.29, 0.717) is 17.7 Å². The number of Topliss-reactive ketones (excluding diaryl/α,β-unsaturated/α-hetero) is 1. The highest BCUT2D eigenvalue weighted by atomic mass is 32.2. The lowest BCUT2D eigenvalue weighted by atomic mass is 10.2. The van der Waals surface area contributed by atoms with E-state index in [1.54, 1.807) is 0 Å². The number of thiophene rings is 1. The third-order valence-corrected chi connectivity index (χ3v) is 4.81. The highest BCUT2D eigenvalue weighted by Crippen LogP contribution is 2.26. The minimum atomic E-state index is -2.98. The minimum Gasteiger partial charge on any atom is -0.293 e. The summed E-state index contributed by atoms with van der Waals surface area (Å²) in [5.41, 5.74) is 0. The van der Waals surface area contributed by atoms with Gasteiger partial charge in [0, 0.05) is 17.4 Å². The Hall–Kier alpha value is -1.20. The van der Waals surface area contributed by atoms with Gasteiger partial charge in [-0.05, 0) is 23.9 Å². The third-order valence-electron chi connectivity index (χ3n) is 2.62. The van der Waals surface area contributed by atoms with Crippen molar-refractivity contribution < 1.29 is 13.2 Å². The zero-order valence-electron chi connectivity index (χ0n) is 10.0. The molecule has 0 unspecified atom stereocenters. The first-order valence-corrected chi connectivity index (χ1v) is 8.53. The Labute approximate surface area is 110 Å². The van der Waals surface area contributed by atoms with E-state index in [0.717, 1.165) is 10.1 Å². The van der Waals surface area contributed by atoms with Crippen LogP contribution in [-0.4, -0.2) is 26.2 Å². The molecular formula is C13H14O3S2. The fourth-order valence-corrected chi connectivity index (χ4v) is 3.44. The molecule has 0 bridgehead atoms. The molecule has 0 radical (unpaired) electrons. The van der Waals surface area contributed by atoms with Gasteiger partial charge in [0.25, 0.3) is 0 Å². The van der Waals surface area contributed by atoms with Crippen molar-refractivity contribution in [3.05, 3.63) is 35.2 Å². The number of hydrogen-bond acceptors (Lipinski definition) is 4. The molecule has 0 atom stereocenters. The molecular weight excluding hydrogens is 268 g/mol. The number of hydrogen-bond donors (Lipinski definition) is 0. The summed E-state index contributed by atoms with van der Waals surface area (Å²) in [5, 5.41) is 1.06. The first kappa shape index (κ1) is 13.2. The van der Waals surface area contributed by atoms with Gasteiger partial charge in [-0.1, -0.05) is 18.2 Å². The van der Waals surface area contributed by atoms with E-state index in [1.807, 2.05) is 30.3 Å². The van der Waals surface area contributed by atoms with Gasteiger partial charge >= 0.3 is 0 Å². The highest BCUT2D eigenvalue weighted by Gasteiger charge is 2.11. The molecule has 18 heavy (non-hydrogen) atoms. The van der Waals surface area contributed by atoms with Gasteiger partial charge in [0.05, 0.1) is 10.6 Å². The fraction of sp³-hybridized carbons (Fsp3) is 0.308. The number of carbonyl (C=O) groups is 1. The van der Waals surface area contributed by atoms with Crippen LogP contribution in [-0.2, 0) is 9.84 Å². The van der Waals surface area contributed by atoms with Crippen molar-refractivity contribution in [1.82, 2.24) is 0 Å². The summed E-state index contributed by atoms with van der Waals surface area (Å²) in [4.78, 5) is 12.6.